The summed E-state index contributed by atoms with van der Waals surface area (Å²) in [6.45, 7) is 0.134. The van der Waals surface area contributed by atoms with Crippen LogP contribution in [-0.2, 0) is 14.4 Å². The van der Waals surface area contributed by atoms with Crippen LogP contribution >= 0.6 is 15.9 Å². The highest BCUT2D eigenvalue weighted by molar-refractivity contribution is 9.10. The molecule has 0 radical (unpaired) electrons. The van der Waals surface area contributed by atoms with E-state index < -0.39 is 28.6 Å². The fourth-order valence-corrected chi connectivity index (χ4v) is 4.03. The third kappa shape index (κ3) is 5.46. The summed E-state index contributed by atoms with van der Waals surface area (Å²) < 4.78 is 0.760. The molecule has 0 bridgehead atoms. The van der Waals surface area contributed by atoms with Crippen LogP contribution in [0.15, 0.2) is 58.6 Å². The minimum atomic E-state index is -1.01. The van der Waals surface area contributed by atoms with Crippen molar-refractivity contribution in [1.82, 2.24) is 4.90 Å². The summed E-state index contributed by atoms with van der Waals surface area (Å²) in [4.78, 5) is 48.5. The summed E-state index contributed by atoms with van der Waals surface area (Å²) in [5.41, 5.74) is 0.303. The van der Waals surface area contributed by atoms with Crippen molar-refractivity contribution in [3.8, 4) is 0 Å². The smallest absolute Gasteiger partial charge is 0.303 e. The van der Waals surface area contributed by atoms with Crippen molar-refractivity contribution in [2.24, 2.45) is 0 Å². The Balaban J connectivity index is 2.02. The van der Waals surface area contributed by atoms with Gasteiger partial charge in [0, 0.05) is 35.1 Å². The number of nitro benzene ring substituents is 1. The van der Waals surface area contributed by atoms with Gasteiger partial charge in [-0.1, -0.05) is 46.6 Å². The molecule has 3 rings (SSSR count). The third-order valence-corrected chi connectivity index (χ3v) is 5.87. The van der Waals surface area contributed by atoms with E-state index in [1.54, 1.807) is 30.3 Å². The van der Waals surface area contributed by atoms with E-state index in [0.717, 1.165) is 4.47 Å². The number of nitro groups is 1. The Morgan fingerprint density at radius 1 is 1.06 bits per heavy atom. The number of hydrogen-bond donors (Lipinski definition) is 2. The minimum absolute atomic E-state index is 0.00328. The SMILES string of the molecule is O=C(O)CCCCCN1C(=O)C(=O)/C(=C(/O)c2ccc(Br)cc2)C1c1cccc([N+](=O)[O-])c1. The first-order chi connectivity index (χ1) is 15.7. The molecule has 2 aromatic carbocycles. The molecule has 0 saturated carbocycles. The Bertz CT molecular complexity index is 1130. The summed E-state index contributed by atoms with van der Waals surface area (Å²) in [5, 5.41) is 31.0. The third-order valence-electron chi connectivity index (χ3n) is 5.34. The van der Waals surface area contributed by atoms with Gasteiger partial charge in [-0.3, -0.25) is 24.5 Å². The number of carboxylic acid groups (broad SMARTS) is 1. The zero-order valence-electron chi connectivity index (χ0n) is 17.4. The van der Waals surface area contributed by atoms with E-state index in [9.17, 15) is 29.6 Å². The number of hydrogen-bond acceptors (Lipinski definition) is 6. The number of carbonyl (C=O) groups excluding carboxylic acids is 2. The van der Waals surface area contributed by atoms with Crippen LogP contribution < -0.4 is 0 Å². The molecule has 1 fully saturated rings. The van der Waals surface area contributed by atoms with Crippen molar-refractivity contribution < 1.29 is 29.5 Å². The van der Waals surface area contributed by atoms with Gasteiger partial charge in [-0.05, 0) is 30.5 Å². The average Bonchev–Trinajstić information content (AvgIpc) is 3.03. The number of halogens is 1. The number of non-ortho nitro benzene ring substituents is 1. The number of benzene rings is 2. The second-order valence-corrected chi connectivity index (χ2v) is 8.47. The highest BCUT2D eigenvalue weighted by Gasteiger charge is 2.46. The van der Waals surface area contributed by atoms with Crippen molar-refractivity contribution in [1.29, 1.82) is 0 Å². The molecular formula is C23H21BrN2O7. The van der Waals surface area contributed by atoms with E-state index >= 15 is 0 Å². The van der Waals surface area contributed by atoms with Crippen molar-refractivity contribution in [3.05, 3.63) is 79.8 Å². The van der Waals surface area contributed by atoms with E-state index in [-0.39, 0.29) is 30.0 Å². The molecule has 10 heteroatoms. The Hall–Kier alpha value is -3.53. The van der Waals surface area contributed by atoms with Crippen molar-refractivity contribution >= 4 is 45.0 Å². The van der Waals surface area contributed by atoms with Crippen LogP contribution in [0.4, 0.5) is 5.69 Å². The normalized spacial score (nSPS) is 17.4. The van der Waals surface area contributed by atoms with E-state index in [2.05, 4.69) is 15.9 Å². The van der Waals surface area contributed by atoms with Crippen LogP contribution in [0.1, 0.15) is 42.9 Å². The average molecular weight is 517 g/mol. The van der Waals surface area contributed by atoms with Gasteiger partial charge in [-0.15, -0.1) is 0 Å². The van der Waals surface area contributed by atoms with Crippen LogP contribution in [0, 0.1) is 10.1 Å². The molecule has 1 heterocycles. The molecule has 9 nitrogen and oxygen atoms in total. The van der Waals surface area contributed by atoms with Gasteiger partial charge in [0.1, 0.15) is 5.76 Å². The molecule has 1 saturated heterocycles. The second-order valence-electron chi connectivity index (χ2n) is 7.56. The first kappa shape index (κ1) is 24.1. The maximum Gasteiger partial charge on any atom is 0.303 e. The summed E-state index contributed by atoms with van der Waals surface area (Å²) >= 11 is 3.30. The second kappa shape index (κ2) is 10.4. The quantitative estimate of drug-likeness (QED) is 0.125. The molecule has 2 N–H and O–H groups in total. The van der Waals surface area contributed by atoms with Gasteiger partial charge in [0.15, 0.2) is 0 Å². The Labute approximate surface area is 197 Å². The highest BCUT2D eigenvalue weighted by Crippen LogP contribution is 2.40. The molecule has 0 aliphatic carbocycles. The van der Waals surface area contributed by atoms with Crippen molar-refractivity contribution in [3.63, 3.8) is 0 Å². The highest BCUT2D eigenvalue weighted by atomic mass is 79.9. The predicted octanol–water partition coefficient (Wildman–Crippen LogP) is 4.42. The lowest BCUT2D eigenvalue weighted by Gasteiger charge is -2.25. The van der Waals surface area contributed by atoms with Gasteiger partial charge in [0.25, 0.3) is 17.4 Å². The number of likely N-dealkylation sites (tertiary alicyclic amines) is 1. The monoisotopic (exact) mass is 516 g/mol. The number of unbranched alkanes of at least 4 members (excludes halogenated alkanes) is 2. The van der Waals surface area contributed by atoms with Crippen LogP contribution in [0.5, 0.6) is 0 Å². The lowest BCUT2D eigenvalue weighted by atomic mass is 9.95. The largest absolute Gasteiger partial charge is 0.507 e. The Morgan fingerprint density at radius 3 is 2.39 bits per heavy atom. The fourth-order valence-electron chi connectivity index (χ4n) is 3.76. The molecule has 0 aromatic heterocycles. The summed E-state index contributed by atoms with van der Waals surface area (Å²) in [6, 6.07) is 11.1. The number of nitrogens with zero attached hydrogens (tertiary/aromatic N) is 2. The van der Waals surface area contributed by atoms with Gasteiger partial charge < -0.3 is 15.1 Å². The standard InChI is InChI=1S/C23H21BrN2O7/c24-16-10-8-14(9-11-16)21(29)19-20(15-5-4-6-17(13-15)26(32)33)25(23(31)22(19)30)12-3-1-2-7-18(27)28/h4-6,8-11,13,20,29H,1-3,7,12H2,(H,27,28)/b21-19+. The Morgan fingerprint density at radius 2 is 1.76 bits per heavy atom. The number of amides is 1. The van der Waals surface area contributed by atoms with E-state index in [4.69, 9.17) is 5.11 Å². The Kier molecular flexibility index (Phi) is 7.59. The molecule has 1 amide bonds. The van der Waals surface area contributed by atoms with Gasteiger partial charge in [0.2, 0.25) is 0 Å². The summed E-state index contributed by atoms with van der Waals surface area (Å²) in [5.74, 6) is -2.98. The number of aliphatic carboxylic acids is 1. The molecule has 1 atom stereocenters. The molecule has 2 aromatic rings. The minimum Gasteiger partial charge on any atom is -0.507 e. The maximum atomic E-state index is 12.9. The molecule has 172 valence electrons. The molecule has 0 spiro atoms. The maximum absolute atomic E-state index is 12.9. The number of aliphatic hydroxyl groups excluding tert-OH is 1. The fraction of sp³-hybridized carbons (Fsp3) is 0.261. The van der Waals surface area contributed by atoms with Gasteiger partial charge in [-0.2, -0.15) is 0 Å². The molecular weight excluding hydrogens is 496 g/mol. The molecule has 1 aliphatic heterocycles. The van der Waals surface area contributed by atoms with Crippen LogP contribution in [0.25, 0.3) is 5.76 Å². The topological polar surface area (TPSA) is 138 Å². The van der Waals surface area contributed by atoms with Gasteiger partial charge in [0.05, 0.1) is 16.5 Å². The van der Waals surface area contributed by atoms with E-state index in [0.29, 0.717) is 30.4 Å². The first-order valence-electron chi connectivity index (χ1n) is 10.2. The lowest BCUT2D eigenvalue weighted by Crippen LogP contribution is -2.30. The number of carbonyl (C=O) groups is 3. The van der Waals surface area contributed by atoms with Crippen LogP contribution in [-0.4, -0.2) is 44.2 Å². The summed E-state index contributed by atoms with van der Waals surface area (Å²) in [7, 11) is 0. The molecule has 1 aliphatic rings. The van der Waals surface area contributed by atoms with Crippen LogP contribution in [0.2, 0.25) is 0 Å². The van der Waals surface area contributed by atoms with E-state index in [1.807, 2.05) is 0 Å². The zero-order chi connectivity index (χ0) is 24.1. The number of Topliss-reactive ketones (excluding diaryl/α,β-unsaturated/α-hetero) is 1. The van der Waals surface area contributed by atoms with Gasteiger partial charge in [-0.25, -0.2) is 0 Å². The predicted molar refractivity (Wildman–Crippen MR) is 122 cm³/mol. The number of aliphatic hydroxyl groups is 1. The number of ketones is 1. The lowest BCUT2D eigenvalue weighted by molar-refractivity contribution is -0.384. The molecule has 1 unspecified atom stereocenters. The van der Waals surface area contributed by atoms with Crippen LogP contribution in [0.3, 0.4) is 0 Å². The van der Waals surface area contributed by atoms with Crippen molar-refractivity contribution in [2.45, 2.75) is 31.7 Å². The summed E-state index contributed by atoms with van der Waals surface area (Å²) in [6.07, 6.45) is 1.37. The van der Waals surface area contributed by atoms with E-state index in [1.165, 1.54) is 23.1 Å². The number of rotatable bonds is 9. The first-order valence-corrected chi connectivity index (χ1v) is 11.0. The molecule has 33 heavy (non-hydrogen) atoms. The van der Waals surface area contributed by atoms with Crippen molar-refractivity contribution in [2.75, 3.05) is 6.54 Å². The number of carboxylic acids is 1. The van der Waals surface area contributed by atoms with Gasteiger partial charge >= 0.3 is 5.97 Å². The zero-order valence-corrected chi connectivity index (χ0v) is 19.0.